The van der Waals surface area contributed by atoms with Crippen molar-refractivity contribution in [2.45, 2.75) is 19.1 Å². The van der Waals surface area contributed by atoms with E-state index in [4.69, 9.17) is 10.5 Å². The standard InChI is InChI=1S/C16H15F3N2O3/c17-16(18,19)13-8-7-12(14(20)22)15(23)21(13)9-4-10-24-11-5-2-1-3-6-11/h1-3,5-8H,4,9-10H2,(H2,20,22). The number of nitrogens with two attached hydrogens (primary N) is 1. The van der Waals surface area contributed by atoms with Gasteiger partial charge in [-0.3, -0.25) is 9.59 Å². The van der Waals surface area contributed by atoms with Gasteiger partial charge in [-0.2, -0.15) is 13.2 Å². The third-order valence-electron chi connectivity index (χ3n) is 3.27. The number of carbonyl (C=O) groups is 1. The van der Waals surface area contributed by atoms with Gasteiger partial charge < -0.3 is 15.0 Å². The number of rotatable bonds is 6. The molecule has 0 aliphatic heterocycles. The van der Waals surface area contributed by atoms with Crippen LogP contribution < -0.4 is 16.0 Å². The molecule has 1 aromatic carbocycles. The second-order valence-corrected chi connectivity index (χ2v) is 4.97. The van der Waals surface area contributed by atoms with Gasteiger partial charge in [-0.15, -0.1) is 0 Å². The summed E-state index contributed by atoms with van der Waals surface area (Å²) < 4.78 is 45.0. The lowest BCUT2D eigenvalue weighted by atomic mass is 10.2. The first kappa shape index (κ1) is 17.6. The van der Waals surface area contributed by atoms with Crippen molar-refractivity contribution in [3.05, 3.63) is 64.1 Å². The minimum atomic E-state index is -4.71. The fourth-order valence-corrected chi connectivity index (χ4v) is 2.16. The highest BCUT2D eigenvalue weighted by Gasteiger charge is 2.35. The molecule has 0 saturated carbocycles. The van der Waals surface area contributed by atoms with Crippen LogP contribution in [0.2, 0.25) is 0 Å². The molecular formula is C16H15F3N2O3. The Hall–Kier alpha value is -2.77. The summed E-state index contributed by atoms with van der Waals surface area (Å²) in [5, 5.41) is 0. The molecule has 0 fully saturated rings. The maximum absolute atomic E-state index is 13.0. The Morgan fingerprint density at radius 1 is 1.12 bits per heavy atom. The van der Waals surface area contributed by atoms with Gasteiger partial charge >= 0.3 is 6.18 Å². The van der Waals surface area contributed by atoms with E-state index in [0.717, 1.165) is 6.07 Å². The normalized spacial score (nSPS) is 11.3. The minimum Gasteiger partial charge on any atom is -0.494 e. The van der Waals surface area contributed by atoms with Crippen molar-refractivity contribution in [1.29, 1.82) is 0 Å². The zero-order valence-electron chi connectivity index (χ0n) is 12.5. The molecule has 0 radical (unpaired) electrons. The molecule has 0 aliphatic rings. The summed E-state index contributed by atoms with van der Waals surface area (Å²) in [7, 11) is 0. The average Bonchev–Trinajstić information content (AvgIpc) is 2.52. The van der Waals surface area contributed by atoms with Crippen LogP contribution in [0, 0.1) is 0 Å². The molecule has 1 heterocycles. The number of pyridine rings is 1. The summed E-state index contributed by atoms with van der Waals surface area (Å²) in [4.78, 5) is 23.2. The molecule has 128 valence electrons. The minimum absolute atomic E-state index is 0.120. The molecule has 0 aliphatic carbocycles. The van der Waals surface area contributed by atoms with Crippen molar-refractivity contribution in [3.63, 3.8) is 0 Å². The van der Waals surface area contributed by atoms with Gasteiger partial charge in [-0.1, -0.05) is 18.2 Å². The van der Waals surface area contributed by atoms with E-state index >= 15 is 0 Å². The van der Waals surface area contributed by atoms with E-state index in [1.807, 2.05) is 0 Å². The van der Waals surface area contributed by atoms with Crippen LogP contribution in [0.1, 0.15) is 22.5 Å². The van der Waals surface area contributed by atoms with Gasteiger partial charge in [0.05, 0.1) is 6.61 Å². The fourth-order valence-electron chi connectivity index (χ4n) is 2.16. The molecule has 24 heavy (non-hydrogen) atoms. The number of aromatic nitrogens is 1. The maximum atomic E-state index is 13.0. The van der Waals surface area contributed by atoms with Crippen molar-refractivity contribution in [2.75, 3.05) is 6.61 Å². The SMILES string of the molecule is NC(=O)c1ccc(C(F)(F)F)n(CCCOc2ccccc2)c1=O. The summed E-state index contributed by atoms with van der Waals surface area (Å²) in [5.74, 6) is -0.491. The fraction of sp³-hybridized carbons (Fsp3) is 0.250. The summed E-state index contributed by atoms with van der Waals surface area (Å²) in [6.07, 6.45) is -4.56. The molecule has 2 aromatic rings. The van der Waals surface area contributed by atoms with Crippen molar-refractivity contribution in [2.24, 2.45) is 5.73 Å². The molecule has 0 bridgehead atoms. The Bertz CT molecular complexity index is 770. The van der Waals surface area contributed by atoms with E-state index in [1.54, 1.807) is 30.3 Å². The zero-order chi connectivity index (χ0) is 17.7. The predicted molar refractivity (Wildman–Crippen MR) is 80.8 cm³/mol. The van der Waals surface area contributed by atoms with E-state index in [2.05, 4.69) is 0 Å². The number of nitrogens with zero attached hydrogens (tertiary/aromatic N) is 1. The average molecular weight is 340 g/mol. The summed E-state index contributed by atoms with van der Waals surface area (Å²) in [5.41, 5.74) is 2.35. The van der Waals surface area contributed by atoms with E-state index in [9.17, 15) is 22.8 Å². The molecule has 0 saturated heterocycles. The van der Waals surface area contributed by atoms with Crippen molar-refractivity contribution in [3.8, 4) is 5.75 Å². The second kappa shape index (κ2) is 7.20. The predicted octanol–water partition coefficient (Wildman–Crippen LogP) is 2.44. The van der Waals surface area contributed by atoms with Gasteiger partial charge in [-0.05, 0) is 30.7 Å². The highest BCUT2D eigenvalue weighted by molar-refractivity contribution is 5.92. The number of halogens is 3. The van der Waals surface area contributed by atoms with Crippen molar-refractivity contribution < 1.29 is 22.7 Å². The first-order valence-electron chi connectivity index (χ1n) is 7.09. The Kier molecular flexibility index (Phi) is 5.28. The number of carbonyl (C=O) groups excluding carboxylic acids is 1. The first-order valence-corrected chi connectivity index (χ1v) is 7.09. The van der Waals surface area contributed by atoms with E-state index in [0.29, 0.717) is 16.4 Å². The molecule has 0 atom stereocenters. The van der Waals surface area contributed by atoms with Gasteiger partial charge in [0.2, 0.25) is 0 Å². The maximum Gasteiger partial charge on any atom is 0.431 e. The van der Waals surface area contributed by atoms with Crippen LogP contribution in [-0.4, -0.2) is 17.1 Å². The van der Waals surface area contributed by atoms with E-state index < -0.39 is 28.9 Å². The zero-order valence-corrected chi connectivity index (χ0v) is 12.5. The number of primary amides is 1. The van der Waals surface area contributed by atoms with E-state index in [1.165, 1.54) is 0 Å². The number of benzene rings is 1. The Balaban J connectivity index is 2.16. The lowest BCUT2D eigenvalue weighted by molar-refractivity contribution is -0.144. The highest BCUT2D eigenvalue weighted by atomic mass is 19.4. The van der Waals surface area contributed by atoms with Crippen LogP contribution in [0.3, 0.4) is 0 Å². The third kappa shape index (κ3) is 4.15. The molecule has 2 rings (SSSR count). The molecule has 1 aromatic heterocycles. The molecular weight excluding hydrogens is 325 g/mol. The number of ether oxygens (including phenoxy) is 1. The Morgan fingerprint density at radius 2 is 1.79 bits per heavy atom. The number of alkyl halides is 3. The van der Waals surface area contributed by atoms with Crippen LogP contribution in [0.15, 0.2) is 47.3 Å². The number of hydrogen-bond donors (Lipinski definition) is 1. The second-order valence-electron chi connectivity index (χ2n) is 4.97. The van der Waals surface area contributed by atoms with E-state index in [-0.39, 0.29) is 19.6 Å². The van der Waals surface area contributed by atoms with Crippen LogP contribution >= 0.6 is 0 Å². The summed E-state index contributed by atoms with van der Waals surface area (Å²) in [6, 6.07) is 10.2. The molecule has 1 amide bonds. The Labute approximate surface area is 135 Å². The molecule has 0 unspecified atom stereocenters. The quantitative estimate of drug-likeness (QED) is 0.821. The summed E-state index contributed by atoms with van der Waals surface area (Å²) in [6.45, 7) is -0.129. The molecule has 8 heteroatoms. The lowest BCUT2D eigenvalue weighted by Crippen LogP contribution is -2.34. The first-order chi connectivity index (χ1) is 11.3. The largest absolute Gasteiger partial charge is 0.494 e. The lowest BCUT2D eigenvalue weighted by Gasteiger charge is -2.16. The number of para-hydroxylation sites is 1. The number of amides is 1. The van der Waals surface area contributed by atoms with Crippen LogP contribution in [0.25, 0.3) is 0 Å². The van der Waals surface area contributed by atoms with Crippen LogP contribution in [0.4, 0.5) is 13.2 Å². The monoisotopic (exact) mass is 340 g/mol. The highest BCUT2D eigenvalue weighted by Crippen LogP contribution is 2.28. The van der Waals surface area contributed by atoms with Gasteiger partial charge in [0.15, 0.2) is 0 Å². The van der Waals surface area contributed by atoms with Crippen LogP contribution in [-0.2, 0) is 12.7 Å². The smallest absolute Gasteiger partial charge is 0.431 e. The third-order valence-corrected chi connectivity index (χ3v) is 3.27. The van der Waals surface area contributed by atoms with Crippen molar-refractivity contribution >= 4 is 5.91 Å². The van der Waals surface area contributed by atoms with Crippen molar-refractivity contribution in [1.82, 2.24) is 4.57 Å². The van der Waals surface area contributed by atoms with Gasteiger partial charge in [0, 0.05) is 6.54 Å². The van der Waals surface area contributed by atoms with Gasteiger partial charge in [0.25, 0.3) is 11.5 Å². The van der Waals surface area contributed by atoms with Gasteiger partial charge in [-0.25, -0.2) is 0 Å². The Morgan fingerprint density at radius 3 is 2.38 bits per heavy atom. The molecule has 2 N–H and O–H groups in total. The topological polar surface area (TPSA) is 74.3 Å². The van der Waals surface area contributed by atoms with Crippen LogP contribution in [0.5, 0.6) is 5.75 Å². The molecule has 0 spiro atoms. The summed E-state index contributed by atoms with van der Waals surface area (Å²) >= 11 is 0. The number of hydrogen-bond acceptors (Lipinski definition) is 3. The van der Waals surface area contributed by atoms with Gasteiger partial charge in [0.1, 0.15) is 17.0 Å². The molecule has 5 nitrogen and oxygen atoms in total.